The van der Waals surface area contributed by atoms with Gasteiger partial charge in [-0.05, 0) is 29.8 Å². The Labute approximate surface area is 177 Å². The van der Waals surface area contributed by atoms with Crippen molar-refractivity contribution in [1.82, 2.24) is 19.6 Å². The summed E-state index contributed by atoms with van der Waals surface area (Å²) in [6, 6.07) is 26.9. The van der Waals surface area contributed by atoms with Crippen LogP contribution < -0.4 is 0 Å². The lowest BCUT2D eigenvalue weighted by Crippen LogP contribution is -1.90. The number of nitrogens with zero attached hydrogens (tertiary/aromatic N) is 4. The number of hydrogen-bond acceptors (Lipinski definition) is 5. The zero-order valence-corrected chi connectivity index (χ0v) is 16.3. The molecule has 6 aromatic rings. The average Bonchev–Trinajstić information content (AvgIpc) is 3.42. The summed E-state index contributed by atoms with van der Waals surface area (Å²) in [7, 11) is 0. The molecular weight excluding hydrogens is 388 g/mol. The van der Waals surface area contributed by atoms with E-state index in [1.807, 2.05) is 48.5 Å². The highest BCUT2D eigenvalue weighted by atomic mass is 16.3. The number of hydrogen-bond donors (Lipinski definition) is 1. The predicted octanol–water partition coefficient (Wildman–Crippen LogP) is 5.58. The molecule has 0 amide bonds. The van der Waals surface area contributed by atoms with E-state index in [2.05, 4.69) is 22.2 Å². The van der Waals surface area contributed by atoms with E-state index >= 15 is 0 Å². The van der Waals surface area contributed by atoms with Gasteiger partial charge in [0.05, 0.1) is 5.39 Å². The summed E-state index contributed by atoms with van der Waals surface area (Å²) < 4.78 is 7.92. The third-order valence-electron chi connectivity index (χ3n) is 5.25. The second kappa shape index (κ2) is 6.81. The molecule has 1 N–H and O–H groups in total. The molecule has 0 fully saturated rings. The van der Waals surface area contributed by atoms with E-state index in [1.54, 1.807) is 35.1 Å². The van der Waals surface area contributed by atoms with Gasteiger partial charge in [0, 0.05) is 16.7 Å². The maximum atomic E-state index is 9.59. The lowest BCUT2D eigenvalue weighted by molar-refractivity contribution is 0.475. The second-order valence-corrected chi connectivity index (χ2v) is 7.21. The van der Waals surface area contributed by atoms with Gasteiger partial charge >= 0.3 is 0 Å². The Kier molecular flexibility index (Phi) is 3.83. The normalized spacial score (nSPS) is 11.4. The quantitative estimate of drug-likeness (QED) is 0.417. The van der Waals surface area contributed by atoms with E-state index in [9.17, 15) is 5.11 Å². The number of phenolic OH excluding ortho intramolecular Hbond substituents is 1. The first-order valence-electron chi connectivity index (χ1n) is 9.86. The Hall–Kier alpha value is -4.45. The Balaban J connectivity index is 1.68. The fourth-order valence-corrected chi connectivity index (χ4v) is 3.80. The van der Waals surface area contributed by atoms with Crippen LogP contribution in [0.2, 0.25) is 0 Å². The topological polar surface area (TPSA) is 76.5 Å². The fraction of sp³-hybridized carbons (Fsp3) is 0. The van der Waals surface area contributed by atoms with Crippen LogP contribution in [-0.4, -0.2) is 24.7 Å². The van der Waals surface area contributed by atoms with Crippen molar-refractivity contribution < 1.29 is 9.52 Å². The lowest BCUT2D eigenvalue weighted by atomic mass is 9.99. The Morgan fingerprint density at radius 1 is 0.742 bits per heavy atom. The fourth-order valence-electron chi connectivity index (χ4n) is 3.80. The van der Waals surface area contributed by atoms with E-state index in [0.717, 1.165) is 33.4 Å². The maximum Gasteiger partial charge on any atom is 0.232 e. The molecule has 3 aromatic heterocycles. The number of benzene rings is 3. The molecule has 3 aromatic carbocycles. The summed E-state index contributed by atoms with van der Waals surface area (Å²) in [5.74, 6) is 1.50. The van der Waals surface area contributed by atoms with Crippen LogP contribution in [-0.2, 0) is 0 Å². The lowest BCUT2D eigenvalue weighted by Gasteiger charge is -2.03. The molecular formula is C25H16N4O2. The number of phenols is 1. The van der Waals surface area contributed by atoms with Gasteiger partial charge in [0.1, 0.15) is 17.8 Å². The van der Waals surface area contributed by atoms with Gasteiger partial charge in [-0.3, -0.25) is 0 Å². The molecule has 0 aliphatic carbocycles. The van der Waals surface area contributed by atoms with Crippen LogP contribution in [0.25, 0.3) is 50.6 Å². The van der Waals surface area contributed by atoms with Crippen molar-refractivity contribution in [2.45, 2.75) is 0 Å². The SMILES string of the molecule is Oc1ccc(-c2nc3c4c(-c5ccccc5)c(-c5ccccc5)oc4ncn3n2)cc1. The van der Waals surface area contributed by atoms with Gasteiger partial charge < -0.3 is 9.52 Å². The van der Waals surface area contributed by atoms with E-state index < -0.39 is 0 Å². The summed E-state index contributed by atoms with van der Waals surface area (Å²) in [6.45, 7) is 0. The van der Waals surface area contributed by atoms with Crippen molar-refractivity contribution in [3.63, 3.8) is 0 Å². The zero-order chi connectivity index (χ0) is 20.8. The van der Waals surface area contributed by atoms with Crippen LogP contribution in [0, 0.1) is 0 Å². The first-order chi connectivity index (χ1) is 15.3. The largest absolute Gasteiger partial charge is 0.508 e. The zero-order valence-electron chi connectivity index (χ0n) is 16.3. The molecule has 6 heteroatoms. The molecule has 6 rings (SSSR count). The van der Waals surface area contributed by atoms with Crippen molar-refractivity contribution in [2.75, 3.05) is 0 Å². The van der Waals surface area contributed by atoms with Gasteiger partial charge in [0.25, 0.3) is 0 Å². The minimum absolute atomic E-state index is 0.199. The summed E-state index contributed by atoms with van der Waals surface area (Å²) >= 11 is 0. The van der Waals surface area contributed by atoms with Gasteiger partial charge in [0.2, 0.25) is 5.71 Å². The first-order valence-corrected chi connectivity index (χ1v) is 9.86. The summed E-state index contributed by atoms with van der Waals surface area (Å²) in [4.78, 5) is 9.32. The summed E-state index contributed by atoms with van der Waals surface area (Å²) in [5.41, 5.74) is 4.90. The first kappa shape index (κ1) is 17.4. The van der Waals surface area contributed by atoms with Crippen LogP contribution in [0.3, 0.4) is 0 Å². The molecule has 0 unspecified atom stereocenters. The van der Waals surface area contributed by atoms with Crippen LogP contribution in [0.15, 0.2) is 95.7 Å². The van der Waals surface area contributed by atoms with Crippen LogP contribution in [0.4, 0.5) is 0 Å². The maximum absolute atomic E-state index is 9.59. The predicted molar refractivity (Wildman–Crippen MR) is 119 cm³/mol. The van der Waals surface area contributed by atoms with Gasteiger partial charge in [-0.2, -0.15) is 0 Å². The number of aromatic nitrogens is 4. The number of furan rings is 1. The molecule has 0 atom stereocenters. The monoisotopic (exact) mass is 404 g/mol. The molecule has 6 nitrogen and oxygen atoms in total. The molecule has 0 radical (unpaired) electrons. The number of fused-ring (bicyclic) bond motifs is 3. The highest BCUT2D eigenvalue weighted by molar-refractivity contribution is 6.07. The van der Waals surface area contributed by atoms with Crippen molar-refractivity contribution in [2.24, 2.45) is 0 Å². The third-order valence-corrected chi connectivity index (χ3v) is 5.25. The summed E-state index contributed by atoms with van der Waals surface area (Å²) in [6.07, 6.45) is 1.61. The summed E-state index contributed by atoms with van der Waals surface area (Å²) in [5, 5.41) is 15.0. The minimum atomic E-state index is 0.199. The second-order valence-electron chi connectivity index (χ2n) is 7.21. The van der Waals surface area contributed by atoms with Crippen LogP contribution >= 0.6 is 0 Å². The molecule has 0 aliphatic rings. The molecule has 3 heterocycles. The number of aromatic hydroxyl groups is 1. The smallest absolute Gasteiger partial charge is 0.232 e. The van der Waals surface area contributed by atoms with Crippen molar-refractivity contribution in [3.05, 3.63) is 91.3 Å². The van der Waals surface area contributed by atoms with Gasteiger partial charge in [-0.25, -0.2) is 14.5 Å². The van der Waals surface area contributed by atoms with Crippen molar-refractivity contribution in [1.29, 1.82) is 0 Å². The van der Waals surface area contributed by atoms with Crippen molar-refractivity contribution in [3.8, 4) is 39.6 Å². The number of rotatable bonds is 3. The van der Waals surface area contributed by atoms with Crippen molar-refractivity contribution >= 4 is 16.7 Å². The standard InChI is InChI=1S/C25H16N4O2/c30-19-13-11-18(12-14-19)23-27-24-21-20(16-7-3-1-4-8-16)22(17-9-5-2-6-10-17)31-25(21)26-15-29(24)28-23/h1-15,30H. The molecule has 0 saturated heterocycles. The molecule has 0 spiro atoms. The van der Waals surface area contributed by atoms with E-state index in [1.165, 1.54) is 0 Å². The van der Waals surface area contributed by atoms with Crippen LogP contribution in [0.5, 0.6) is 5.75 Å². The van der Waals surface area contributed by atoms with E-state index in [-0.39, 0.29) is 5.75 Å². The molecule has 148 valence electrons. The van der Waals surface area contributed by atoms with Crippen LogP contribution in [0.1, 0.15) is 0 Å². The highest BCUT2D eigenvalue weighted by Crippen LogP contribution is 2.41. The van der Waals surface area contributed by atoms with E-state index in [0.29, 0.717) is 17.2 Å². The molecule has 31 heavy (non-hydrogen) atoms. The average molecular weight is 404 g/mol. The molecule has 0 saturated carbocycles. The van der Waals surface area contributed by atoms with Gasteiger partial charge in [0.15, 0.2) is 11.5 Å². The molecule has 0 aliphatic heterocycles. The Bertz CT molecular complexity index is 1520. The Morgan fingerprint density at radius 2 is 1.42 bits per heavy atom. The Morgan fingerprint density at radius 3 is 2.13 bits per heavy atom. The van der Waals surface area contributed by atoms with Gasteiger partial charge in [-0.1, -0.05) is 60.7 Å². The molecule has 0 bridgehead atoms. The minimum Gasteiger partial charge on any atom is -0.508 e. The highest BCUT2D eigenvalue weighted by Gasteiger charge is 2.23. The van der Waals surface area contributed by atoms with Gasteiger partial charge in [-0.15, -0.1) is 5.10 Å². The van der Waals surface area contributed by atoms with E-state index in [4.69, 9.17) is 9.40 Å². The third kappa shape index (κ3) is 2.85.